The lowest BCUT2D eigenvalue weighted by molar-refractivity contribution is -0.123. The number of halogens is 1. The summed E-state index contributed by atoms with van der Waals surface area (Å²) < 4.78 is 20.4. The summed E-state index contributed by atoms with van der Waals surface area (Å²) in [6.45, 7) is 0.242. The monoisotopic (exact) mass is 339 g/mol. The number of nitrogens with one attached hydrogen (secondary N) is 1. The van der Waals surface area contributed by atoms with Crippen LogP contribution in [0.1, 0.15) is 24.7 Å². The van der Waals surface area contributed by atoms with Crippen molar-refractivity contribution in [3.63, 3.8) is 0 Å². The van der Waals surface area contributed by atoms with Crippen LogP contribution in [-0.2, 0) is 11.3 Å². The molecule has 5 nitrogen and oxygen atoms in total. The van der Waals surface area contributed by atoms with Gasteiger partial charge < -0.3 is 14.6 Å². The molecule has 1 heterocycles. The molecule has 0 bridgehead atoms. The van der Waals surface area contributed by atoms with Gasteiger partial charge >= 0.3 is 0 Å². The third-order valence-electron chi connectivity index (χ3n) is 4.21. The summed E-state index contributed by atoms with van der Waals surface area (Å²) in [4.78, 5) is 16.7. The highest BCUT2D eigenvalue weighted by Gasteiger charge is 2.28. The largest absolute Gasteiger partial charge is 0.484 e. The van der Waals surface area contributed by atoms with E-state index < -0.39 is 0 Å². The number of para-hydroxylation sites is 2. The maximum Gasteiger partial charge on any atom is 0.258 e. The second-order valence-electron chi connectivity index (χ2n) is 6.14. The lowest BCUT2D eigenvalue weighted by Gasteiger charge is -2.10. The van der Waals surface area contributed by atoms with Gasteiger partial charge in [0.1, 0.15) is 17.4 Å². The molecular weight excluding hydrogens is 321 g/mol. The first-order chi connectivity index (χ1) is 12.2. The molecule has 1 saturated carbocycles. The summed E-state index contributed by atoms with van der Waals surface area (Å²) in [7, 11) is 0. The molecule has 0 radical (unpaired) electrons. The van der Waals surface area contributed by atoms with Gasteiger partial charge in [0.15, 0.2) is 6.61 Å². The second kappa shape index (κ2) is 6.55. The predicted molar refractivity (Wildman–Crippen MR) is 91.7 cm³/mol. The molecule has 2 aromatic carbocycles. The SMILES string of the molecule is O=C(COc1ccc(F)cc1)NCc1nc2ccccc2n1C1CC1. The molecule has 1 amide bonds. The molecule has 1 aliphatic carbocycles. The van der Waals surface area contributed by atoms with E-state index in [2.05, 4.69) is 20.9 Å². The minimum Gasteiger partial charge on any atom is -0.484 e. The van der Waals surface area contributed by atoms with Crippen molar-refractivity contribution in [3.8, 4) is 5.75 Å². The van der Waals surface area contributed by atoms with E-state index >= 15 is 0 Å². The van der Waals surface area contributed by atoms with Crippen LogP contribution in [0.5, 0.6) is 5.75 Å². The Labute approximate surface area is 144 Å². The minimum absolute atomic E-state index is 0.116. The Morgan fingerprint density at radius 1 is 1.20 bits per heavy atom. The maximum absolute atomic E-state index is 12.8. The summed E-state index contributed by atoms with van der Waals surface area (Å²) >= 11 is 0. The molecule has 0 atom stereocenters. The van der Waals surface area contributed by atoms with Crippen molar-refractivity contribution in [2.24, 2.45) is 0 Å². The Bertz CT molecular complexity index is 901. The standard InChI is InChI=1S/C19H18FN3O2/c20-13-5-9-15(10-6-13)25-12-19(24)21-11-18-22-16-3-1-2-4-17(16)23(18)14-7-8-14/h1-6,9-10,14H,7-8,11-12H2,(H,21,24). The van der Waals surface area contributed by atoms with Crippen molar-refractivity contribution in [2.45, 2.75) is 25.4 Å². The number of hydrogen-bond acceptors (Lipinski definition) is 3. The quantitative estimate of drug-likeness (QED) is 0.750. The molecule has 4 rings (SSSR count). The third kappa shape index (κ3) is 3.47. The Hall–Kier alpha value is -2.89. The minimum atomic E-state index is -0.337. The van der Waals surface area contributed by atoms with Gasteiger partial charge in [-0.25, -0.2) is 9.37 Å². The van der Waals surface area contributed by atoms with Gasteiger partial charge in [0.05, 0.1) is 17.6 Å². The summed E-state index contributed by atoms with van der Waals surface area (Å²) in [5, 5.41) is 2.84. The van der Waals surface area contributed by atoms with E-state index in [0.29, 0.717) is 18.3 Å². The number of ether oxygens (including phenoxy) is 1. The topological polar surface area (TPSA) is 56.1 Å². The molecule has 6 heteroatoms. The molecule has 1 aromatic heterocycles. The highest BCUT2D eigenvalue weighted by molar-refractivity contribution is 5.78. The van der Waals surface area contributed by atoms with Crippen LogP contribution in [-0.4, -0.2) is 22.1 Å². The smallest absolute Gasteiger partial charge is 0.258 e. The molecule has 0 aliphatic heterocycles. The van der Waals surface area contributed by atoms with Crippen molar-refractivity contribution in [2.75, 3.05) is 6.61 Å². The van der Waals surface area contributed by atoms with E-state index in [1.54, 1.807) is 0 Å². The van der Waals surface area contributed by atoms with Crippen LogP contribution in [0.2, 0.25) is 0 Å². The van der Waals surface area contributed by atoms with Crippen molar-refractivity contribution in [1.82, 2.24) is 14.9 Å². The first kappa shape index (κ1) is 15.6. The third-order valence-corrected chi connectivity index (χ3v) is 4.21. The lowest BCUT2D eigenvalue weighted by Crippen LogP contribution is -2.29. The van der Waals surface area contributed by atoms with Crippen molar-refractivity contribution >= 4 is 16.9 Å². The van der Waals surface area contributed by atoms with E-state index in [4.69, 9.17) is 4.74 Å². The Morgan fingerprint density at radius 3 is 2.72 bits per heavy atom. The number of nitrogens with zero attached hydrogens (tertiary/aromatic N) is 2. The first-order valence-electron chi connectivity index (χ1n) is 8.31. The summed E-state index contributed by atoms with van der Waals surface area (Å²) in [6.07, 6.45) is 2.30. The molecule has 1 aliphatic rings. The van der Waals surface area contributed by atoms with Crippen LogP contribution in [0.25, 0.3) is 11.0 Å². The summed E-state index contributed by atoms with van der Waals surface area (Å²) in [5.74, 6) is 0.745. The van der Waals surface area contributed by atoms with E-state index in [0.717, 1.165) is 29.7 Å². The first-order valence-corrected chi connectivity index (χ1v) is 8.31. The fourth-order valence-corrected chi connectivity index (χ4v) is 2.87. The van der Waals surface area contributed by atoms with Crippen LogP contribution >= 0.6 is 0 Å². The number of hydrogen-bond donors (Lipinski definition) is 1. The number of amides is 1. The zero-order chi connectivity index (χ0) is 17.2. The summed E-state index contributed by atoms with van der Waals surface area (Å²) in [5.41, 5.74) is 2.05. The van der Waals surface area contributed by atoms with Crippen molar-refractivity contribution in [3.05, 3.63) is 60.2 Å². The van der Waals surface area contributed by atoms with E-state index in [9.17, 15) is 9.18 Å². The fraction of sp³-hybridized carbons (Fsp3) is 0.263. The number of aromatic nitrogens is 2. The number of fused-ring (bicyclic) bond motifs is 1. The maximum atomic E-state index is 12.8. The van der Waals surface area contributed by atoms with E-state index in [1.165, 1.54) is 24.3 Å². The van der Waals surface area contributed by atoms with Gasteiger partial charge in [0, 0.05) is 6.04 Å². The van der Waals surface area contributed by atoms with Gasteiger partial charge in [0.25, 0.3) is 5.91 Å². The highest BCUT2D eigenvalue weighted by Crippen LogP contribution is 2.38. The Kier molecular flexibility index (Phi) is 4.09. The molecule has 3 aromatic rings. The van der Waals surface area contributed by atoms with E-state index in [1.807, 2.05) is 18.2 Å². The molecule has 0 unspecified atom stereocenters. The zero-order valence-electron chi connectivity index (χ0n) is 13.6. The number of rotatable bonds is 6. The van der Waals surface area contributed by atoms with Crippen LogP contribution in [0.4, 0.5) is 4.39 Å². The van der Waals surface area contributed by atoms with Crippen LogP contribution in [0.3, 0.4) is 0 Å². The highest BCUT2D eigenvalue weighted by atomic mass is 19.1. The second-order valence-corrected chi connectivity index (χ2v) is 6.14. The van der Waals surface area contributed by atoms with Gasteiger partial charge in [-0.3, -0.25) is 4.79 Å². The number of imidazole rings is 1. The van der Waals surface area contributed by atoms with Crippen LogP contribution in [0.15, 0.2) is 48.5 Å². The molecule has 25 heavy (non-hydrogen) atoms. The van der Waals surface area contributed by atoms with Gasteiger partial charge in [-0.05, 0) is 49.2 Å². The number of carbonyl (C=O) groups excluding carboxylic acids is 1. The molecular formula is C19H18FN3O2. The van der Waals surface area contributed by atoms with Gasteiger partial charge in [-0.2, -0.15) is 0 Å². The van der Waals surface area contributed by atoms with Gasteiger partial charge in [-0.1, -0.05) is 12.1 Å². The average Bonchev–Trinajstić information content (AvgIpc) is 3.39. The molecule has 1 N–H and O–H groups in total. The van der Waals surface area contributed by atoms with E-state index in [-0.39, 0.29) is 18.3 Å². The summed E-state index contributed by atoms with van der Waals surface area (Å²) in [6, 6.07) is 14.1. The zero-order valence-corrected chi connectivity index (χ0v) is 13.6. The molecule has 128 valence electrons. The lowest BCUT2D eigenvalue weighted by atomic mass is 10.3. The Morgan fingerprint density at radius 2 is 1.96 bits per heavy atom. The van der Waals surface area contributed by atoms with Crippen LogP contribution in [0, 0.1) is 5.82 Å². The van der Waals surface area contributed by atoms with Gasteiger partial charge in [-0.15, -0.1) is 0 Å². The molecule has 0 spiro atoms. The van der Waals surface area contributed by atoms with Crippen molar-refractivity contribution < 1.29 is 13.9 Å². The normalized spacial score (nSPS) is 13.8. The number of benzene rings is 2. The van der Waals surface area contributed by atoms with Crippen molar-refractivity contribution in [1.29, 1.82) is 0 Å². The van der Waals surface area contributed by atoms with Gasteiger partial charge in [0.2, 0.25) is 0 Å². The predicted octanol–water partition coefficient (Wildman–Crippen LogP) is 3.21. The Balaban J connectivity index is 1.39. The molecule has 0 saturated heterocycles. The number of carbonyl (C=O) groups is 1. The average molecular weight is 339 g/mol. The van der Waals surface area contributed by atoms with Crippen LogP contribution < -0.4 is 10.1 Å². The fourth-order valence-electron chi connectivity index (χ4n) is 2.87. The molecule has 1 fully saturated rings.